The second-order valence-electron chi connectivity index (χ2n) is 6.14. The molecule has 2 saturated heterocycles. The minimum atomic E-state index is -0.766. The molecule has 0 aromatic rings. The second kappa shape index (κ2) is 6.43. The standard InChI is InChI=1S/C14H25N3O3/c1-11-9-15(2)6-7-17(11)14(20)16-5-3-4-12(10-16)8-13(18)19/h11-12H,3-10H2,1-2H3,(H,18,19). The number of carbonyl (C=O) groups is 2. The summed E-state index contributed by atoms with van der Waals surface area (Å²) in [6.07, 6.45) is 1.99. The summed E-state index contributed by atoms with van der Waals surface area (Å²) in [6.45, 7) is 5.99. The van der Waals surface area contributed by atoms with Gasteiger partial charge in [-0.25, -0.2) is 4.79 Å². The van der Waals surface area contributed by atoms with Crippen molar-refractivity contribution in [3.05, 3.63) is 0 Å². The molecule has 0 aliphatic carbocycles. The molecule has 2 fully saturated rings. The van der Waals surface area contributed by atoms with Crippen LogP contribution in [0.15, 0.2) is 0 Å². The highest BCUT2D eigenvalue weighted by Gasteiger charge is 2.32. The summed E-state index contributed by atoms with van der Waals surface area (Å²) in [5.41, 5.74) is 0. The lowest BCUT2D eigenvalue weighted by atomic mass is 9.95. The zero-order valence-electron chi connectivity index (χ0n) is 12.4. The number of amides is 2. The lowest BCUT2D eigenvalue weighted by Gasteiger charge is -2.42. The Balaban J connectivity index is 1.92. The van der Waals surface area contributed by atoms with E-state index in [1.165, 1.54) is 0 Å². The van der Waals surface area contributed by atoms with Gasteiger partial charge in [0.15, 0.2) is 0 Å². The molecule has 0 bridgehead atoms. The summed E-state index contributed by atoms with van der Waals surface area (Å²) < 4.78 is 0. The number of nitrogens with zero attached hydrogens (tertiary/aromatic N) is 3. The number of carboxylic acids is 1. The minimum absolute atomic E-state index is 0.0840. The molecule has 114 valence electrons. The average Bonchev–Trinajstić information content (AvgIpc) is 2.37. The van der Waals surface area contributed by atoms with Crippen molar-refractivity contribution in [1.82, 2.24) is 14.7 Å². The van der Waals surface area contributed by atoms with Crippen LogP contribution in [0.25, 0.3) is 0 Å². The Bertz CT molecular complexity index is 375. The van der Waals surface area contributed by atoms with Crippen molar-refractivity contribution >= 4 is 12.0 Å². The van der Waals surface area contributed by atoms with Crippen molar-refractivity contribution in [3.63, 3.8) is 0 Å². The maximum atomic E-state index is 12.6. The first-order valence-corrected chi connectivity index (χ1v) is 7.43. The number of carbonyl (C=O) groups excluding carboxylic acids is 1. The monoisotopic (exact) mass is 283 g/mol. The third-order valence-corrected chi connectivity index (χ3v) is 4.33. The first-order chi connectivity index (χ1) is 9.47. The first-order valence-electron chi connectivity index (χ1n) is 7.43. The van der Waals surface area contributed by atoms with Crippen LogP contribution in [0, 0.1) is 5.92 Å². The van der Waals surface area contributed by atoms with Gasteiger partial charge in [0.25, 0.3) is 0 Å². The van der Waals surface area contributed by atoms with Crippen LogP contribution in [0.4, 0.5) is 4.79 Å². The van der Waals surface area contributed by atoms with E-state index in [1.807, 2.05) is 9.80 Å². The summed E-state index contributed by atoms with van der Waals surface area (Å²) in [4.78, 5) is 29.4. The average molecular weight is 283 g/mol. The van der Waals surface area contributed by atoms with Gasteiger partial charge in [0.1, 0.15) is 0 Å². The Kier molecular flexibility index (Phi) is 4.86. The second-order valence-corrected chi connectivity index (χ2v) is 6.14. The van der Waals surface area contributed by atoms with E-state index in [9.17, 15) is 9.59 Å². The third kappa shape index (κ3) is 3.62. The van der Waals surface area contributed by atoms with Gasteiger partial charge in [-0.15, -0.1) is 0 Å². The molecule has 0 radical (unpaired) electrons. The number of hydrogen-bond acceptors (Lipinski definition) is 3. The first kappa shape index (κ1) is 15.1. The van der Waals surface area contributed by atoms with E-state index >= 15 is 0 Å². The van der Waals surface area contributed by atoms with E-state index in [-0.39, 0.29) is 24.4 Å². The van der Waals surface area contributed by atoms with Crippen molar-refractivity contribution in [2.75, 3.05) is 39.8 Å². The number of rotatable bonds is 2. The van der Waals surface area contributed by atoms with Gasteiger partial charge in [-0.05, 0) is 32.7 Å². The Morgan fingerprint density at radius 3 is 2.60 bits per heavy atom. The van der Waals surface area contributed by atoms with Crippen molar-refractivity contribution in [1.29, 1.82) is 0 Å². The molecular formula is C14H25N3O3. The molecule has 2 rings (SSSR count). The van der Waals surface area contributed by atoms with E-state index in [4.69, 9.17) is 5.11 Å². The predicted octanol–water partition coefficient (Wildman–Crippen LogP) is 0.929. The maximum Gasteiger partial charge on any atom is 0.320 e. The molecule has 0 aromatic heterocycles. The van der Waals surface area contributed by atoms with E-state index in [0.717, 1.165) is 39.0 Å². The van der Waals surface area contributed by atoms with Crippen LogP contribution in [0.1, 0.15) is 26.2 Å². The number of aliphatic carboxylic acids is 1. The molecule has 2 aliphatic heterocycles. The molecule has 0 aromatic carbocycles. The number of carboxylic acid groups (broad SMARTS) is 1. The highest BCUT2D eigenvalue weighted by molar-refractivity contribution is 5.75. The summed E-state index contributed by atoms with van der Waals surface area (Å²) in [5, 5.41) is 8.89. The number of piperazine rings is 1. The van der Waals surface area contributed by atoms with Gasteiger partial charge in [-0.2, -0.15) is 0 Å². The Hall–Kier alpha value is -1.30. The minimum Gasteiger partial charge on any atom is -0.481 e. The van der Waals surface area contributed by atoms with Crippen molar-refractivity contribution in [2.24, 2.45) is 5.92 Å². The molecule has 20 heavy (non-hydrogen) atoms. The van der Waals surface area contributed by atoms with Crippen LogP contribution >= 0.6 is 0 Å². The fourth-order valence-electron chi connectivity index (χ4n) is 3.26. The normalized spacial score (nSPS) is 28.5. The molecule has 2 heterocycles. The Morgan fingerprint density at radius 1 is 1.20 bits per heavy atom. The molecule has 2 atom stereocenters. The number of likely N-dealkylation sites (tertiary alicyclic amines) is 1. The van der Waals surface area contributed by atoms with Crippen LogP contribution in [0.3, 0.4) is 0 Å². The number of piperidine rings is 1. The number of hydrogen-bond donors (Lipinski definition) is 1. The van der Waals surface area contributed by atoms with Crippen molar-refractivity contribution in [2.45, 2.75) is 32.2 Å². The molecule has 2 aliphatic rings. The predicted molar refractivity (Wildman–Crippen MR) is 75.6 cm³/mol. The summed E-state index contributed by atoms with van der Waals surface area (Å²) >= 11 is 0. The quantitative estimate of drug-likeness (QED) is 0.819. The topological polar surface area (TPSA) is 64.1 Å². The highest BCUT2D eigenvalue weighted by atomic mass is 16.4. The van der Waals surface area contributed by atoms with Crippen LogP contribution in [0.2, 0.25) is 0 Å². The van der Waals surface area contributed by atoms with Gasteiger partial charge in [0, 0.05) is 45.2 Å². The fourth-order valence-corrected chi connectivity index (χ4v) is 3.26. The molecule has 0 saturated carbocycles. The van der Waals surface area contributed by atoms with Crippen LogP contribution in [0.5, 0.6) is 0 Å². The molecule has 2 amide bonds. The summed E-state index contributed by atoms with van der Waals surface area (Å²) in [7, 11) is 2.07. The van der Waals surface area contributed by atoms with Gasteiger partial charge in [-0.3, -0.25) is 4.79 Å². The third-order valence-electron chi connectivity index (χ3n) is 4.33. The van der Waals surface area contributed by atoms with Crippen LogP contribution in [-0.2, 0) is 4.79 Å². The van der Waals surface area contributed by atoms with Gasteiger partial charge >= 0.3 is 12.0 Å². The SMILES string of the molecule is CC1CN(C)CCN1C(=O)N1CCCC(CC(=O)O)C1. The Labute approximate surface area is 120 Å². The highest BCUT2D eigenvalue weighted by Crippen LogP contribution is 2.22. The van der Waals surface area contributed by atoms with E-state index in [1.54, 1.807) is 0 Å². The summed E-state index contributed by atoms with van der Waals surface area (Å²) in [5.74, 6) is -0.662. The zero-order valence-corrected chi connectivity index (χ0v) is 12.4. The summed E-state index contributed by atoms with van der Waals surface area (Å²) in [6, 6.07) is 0.307. The van der Waals surface area contributed by atoms with Crippen LogP contribution < -0.4 is 0 Å². The molecular weight excluding hydrogens is 258 g/mol. The van der Waals surface area contributed by atoms with Gasteiger partial charge in [0.2, 0.25) is 0 Å². The number of urea groups is 1. The molecule has 6 heteroatoms. The Morgan fingerprint density at radius 2 is 1.95 bits per heavy atom. The van der Waals surface area contributed by atoms with Crippen molar-refractivity contribution < 1.29 is 14.7 Å². The smallest absolute Gasteiger partial charge is 0.320 e. The molecule has 1 N–H and O–H groups in total. The van der Waals surface area contributed by atoms with E-state index < -0.39 is 5.97 Å². The molecule has 2 unspecified atom stereocenters. The van der Waals surface area contributed by atoms with E-state index in [0.29, 0.717) is 6.54 Å². The van der Waals surface area contributed by atoms with Crippen molar-refractivity contribution in [3.8, 4) is 0 Å². The van der Waals surface area contributed by atoms with Gasteiger partial charge in [0.05, 0.1) is 0 Å². The van der Waals surface area contributed by atoms with Gasteiger partial charge in [-0.1, -0.05) is 0 Å². The molecule has 6 nitrogen and oxygen atoms in total. The lowest BCUT2D eigenvalue weighted by Crippen LogP contribution is -2.57. The molecule has 0 spiro atoms. The maximum absolute atomic E-state index is 12.6. The lowest BCUT2D eigenvalue weighted by molar-refractivity contribution is -0.138. The van der Waals surface area contributed by atoms with Gasteiger partial charge < -0.3 is 19.8 Å². The number of likely N-dealkylation sites (N-methyl/N-ethyl adjacent to an activating group) is 1. The van der Waals surface area contributed by atoms with Crippen LogP contribution in [-0.4, -0.2) is 77.6 Å². The zero-order chi connectivity index (χ0) is 14.7. The fraction of sp³-hybridized carbons (Fsp3) is 0.857. The largest absolute Gasteiger partial charge is 0.481 e. The van der Waals surface area contributed by atoms with E-state index in [2.05, 4.69) is 18.9 Å².